The summed E-state index contributed by atoms with van der Waals surface area (Å²) in [4.78, 5) is 7.09. The molecule has 5 nitrogen and oxygen atoms in total. The van der Waals surface area contributed by atoms with Crippen LogP contribution in [0.4, 0.5) is 0 Å². The Hall–Kier alpha value is -1.37. The fourth-order valence-corrected chi connectivity index (χ4v) is 3.13. The summed E-state index contributed by atoms with van der Waals surface area (Å²) < 4.78 is 14.3. The summed E-state index contributed by atoms with van der Waals surface area (Å²) in [5.41, 5.74) is 2.14. The van der Waals surface area contributed by atoms with Crippen molar-refractivity contribution in [2.24, 2.45) is 0 Å². The van der Waals surface area contributed by atoms with Gasteiger partial charge in [0.2, 0.25) is 0 Å². The molecule has 2 aliphatic heterocycles. The second-order valence-corrected chi connectivity index (χ2v) is 6.22. The van der Waals surface area contributed by atoms with E-state index in [-0.39, 0.29) is 0 Å². The predicted octanol–water partition coefficient (Wildman–Crippen LogP) is 2.36. The van der Waals surface area contributed by atoms with Crippen LogP contribution >= 0.6 is 15.9 Å². The van der Waals surface area contributed by atoms with Crippen LogP contribution in [0.5, 0.6) is 5.75 Å². The number of halogens is 1. The summed E-state index contributed by atoms with van der Waals surface area (Å²) in [6.07, 6.45) is 2.13. The highest BCUT2D eigenvalue weighted by molar-refractivity contribution is 9.10. The molecule has 0 spiro atoms. The fourth-order valence-electron chi connectivity index (χ4n) is 2.79. The van der Waals surface area contributed by atoms with Crippen LogP contribution in [0.1, 0.15) is 11.5 Å². The number of imidazole rings is 1. The maximum absolute atomic E-state index is 5.79. The molecule has 3 heterocycles. The predicted molar refractivity (Wildman–Crippen MR) is 81.7 cm³/mol. The lowest BCUT2D eigenvalue weighted by molar-refractivity contribution is 0.0337. The second-order valence-electron chi connectivity index (χ2n) is 5.31. The zero-order valence-corrected chi connectivity index (χ0v) is 13.2. The van der Waals surface area contributed by atoms with Crippen LogP contribution in [0.15, 0.2) is 28.9 Å². The highest BCUT2D eigenvalue weighted by Crippen LogP contribution is 2.32. The number of nitrogens with zero attached hydrogens (tertiary/aromatic N) is 3. The van der Waals surface area contributed by atoms with E-state index in [1.807, 2.05) is 12.1 Å². The Bertz CT molecular complexity index is 665. The zero-order valence-electron chi connectivity index (χ0n) is 11.6. The lowest BCUT2D eigenvalue weighted by Crippen LogP contribution is -2.35. The van der Waals surface area contributed by atoms with Gasteiger partial charge < -0.3 is 9.47 Å². The molecule has 1 fully saturated rings. The molecule has 1 saturated heterocycles. The summed E-state index contributed by atoms with van der Waals surface area (Å²) in [5.74, 6) is 1.86. The zero-order chi connectivity index (χ0) is 14.2. The number of fused-ring (bicyclic) bond motifs is 3. The van der Waals surface area contributed by atoms with Crippen LogP contribution in [-0.4, -0.2) is 40.8 Å². The van der Waals surface area contributed by atoms with Crippen molar-refractivity contribution in [2.75, 3.05) is 26.3 Å². The Balaban J connectivity index is 1.62. The van der Waals surface area contributed by atoms with Crippen LogP contribution in [0.3, 0.4) is 0 Å². The van der Waals surface area contributed by atoms with Crippen molar-refractivity contribution in [3.63, 3.8) is 0 Å². The molecule has 0 amide bonds. The van der Waals surface area contributed by atoms with Gasteiger partial charge in [-0.25, -0.2) is 4.98 Å². The van der Waals surface area contributed by atoms with Crippen LogP contribution in [0, 0.1) is 0 Å². The number of morpholine rings is 1. The van der Waals surface area contributed by atoms with Crippen LogP contribution in [0.25, 0.3) is 5.69 Å². The molecule has 110 valence electrons. The lowest BCUT2D eigenvalue weighted by Gasteiger charge is -2.25. The minimum atomic E-state index is 0.520. The van der Waals surface area contributed by atoms with E-state index in [1.165, 1.54) is 0 Å². The standard InChI is InChI=1S/C15H16BrN3O2/c16-11-1-2-13-14(7-11)21-10-15-17-12(9-19(13)15)8-18-3-5-20-6-4-18/h1-2,7,9H,3-6,8,10H2. The average Bonchev–Trinajstić information content (AvgIpc) is 2.90. The third-order valence-electron chi connectivity index (χ3n) is 3.86. The Morgan fingerprint density at radius 2 is 2.10 bits per heavy atom. The van der Waals surface area contributed by atoms with E-state index in [4.69, 9.17) is 14.5 Å². The second kappa shape index (κ2) is 5.44. The summed E-state index contributed by atoms with van der Waals surface area (Å²) in [6, 6.07) is 6.08. The SMILES string of the molecule is Brc1ccc2c(c1)OCc1nc(CN3CCOCC3)cn1-2. The van der Waals surface area contributed by atoms with E-state index in [0.29, 0.717) is 6.61 Å². The molecule has 0 saturated carbocycles. The third kappa shape index (κ3) is 2.59. The van der Waals surface area contributed by atoms with Crippen LogP contribution in [-0.2, 0) is 17.9 Å². The highest BCUT2D eigenvalue weighted by atomic mass is 79.9. The number of ether oxygens (including phenoxy) is 2. The van der Waals surface area contributed by atoms with E-state index in [9.17, 15) is 0 Å². The first kappa shape index (κ1) is 13.3. The van der Waals surface area contributed by atoms with Crippen molar-refractivity contribution >= 4 is 15.9 Å². The first-order valence-corrected chi connectivity index (χ1v) is 7.89. The van der Waals surface area contributed by atoms with E-state index in [0.717, 1.165) is 60.3 Å². The molecule has 1 aromatic carbocycles. The van der Waals surface area contributed by atoms with Crippen LogP contribution < -0.4 is 4.74 Å². The number of benzene rings is 1. The Morgan fingerprint density at radius 1 is 1.24 bits per heavy atom. The molecule has 6 heteroatoms. The summed E-state index contributed by atoms with van der Waals surface area (Å²) in [5, 5.41) is 0. The van der Waals surface area contributed by atoms with Gasteiger partial charge in [0, 0.05) is 30.3 Å². The smallest absolute Gasteiger partial charge is 0.151 e. The maximum Gasteiger partial charge on any atom is 0.151 e. The number of hydrogen-bond acceptors (Lipinski definition) is 4. The van der Waals surface area contributed by atoms with Crippen molar-refractivity contribution in [3.8, 4) is 11.4 Å². The minimum Gasteiger partial charge on any atom is -0.483 e. The van der Waals surface area contributed by atoms with E-state index >= 15 is 0 Å². The van der Waals surface area contributed by atoms with Gasteiger partial charge in [0.25, 0.3) is 0 Å². The quantitative estimate of drug-likeness (QED) is 0.834. The van der Waals surface area contributed by atoms with Gasteiger partial charge in [-0.3, -0.25) is 9.47 Å². The number of rotatable bonds is 2. The van der Waals surface area contributed by atoms with Crippen molar-refractivity contribution < 1.29 is 9.47 Å². The third-order valence-corrected chi connectivity index (χ3v) is 4.35. The Labute approximate surface area is 131 Å². The molecule has 1 aromatic heterocycles. The van der Waals surface area contributed by atoms with Gasteiger partial charge in [-0.1, -0.05) is 15.9 Å². The summed E-state index contributed by atoms with van der Waals surface area (Å²) in [7, 11) is 0. The molecule has 21 heavy (non-hydrogen) atoms. The fraction of sp³-hybridized carbons (Fsp3) is 0.400. The molecule has 0 aliphatic carbocycles. The van der Waals surface area contributed by atoms with E-state index < -0.39 is 0 Å². The van der Waals surface area contributed by atoms with Crippen molar-refractivity contribution in [1.82, 2.24) is 14.5 Å². The first-order valence-electron chi connectivity index (χ1n) is 7.09. The van der Waals surface area contributed by atoms with Gasteiger partial charge in [0.1, 0.15) is 12.4 Å². The van der Waals surface area contributed by atoms with Crippen molar-refractivity contribution in [1.29, 1.82) is 0 Å². The summed E-state index contributed by atoms with van der Waals surface area (Å²) in [6.45, 7) is 4.97. The minimum absolute atomic E-state index is 0.520. The first-order chi connectivity index (χ1) is 10.3. The number of hydrogen-bond donors (Lipinski definition) is 0. The van der Waals surface area contributed by atoms with Crippen molar-refractivity contribution in [3.05, 3.63) is 40.4 Å². The topological polar surface area (TPSA) is 39.5 Å². The van der Waals surface area contributed by atoms with E-state index in [1.54, 1.807) is 0 Å². The van der Waals surface area contributed by atoms with Gasteiger partial charge >= 0.3 is 0 Å². The summed E-state index contributed by atoms with van der Waals surface area (Å²) >= 11 is 3.48. The molecular formula is C15H16BrN3O2. The van der Waals surface area contributed by atoms with Gasteiger partial charge in [-0.05, 0) is 18.2 Å². The Kier molecular flexibility index (Phi) is 3.45. The highest BCUT2D eigenvalue weighted by Gasteiger charge is 2.20. The van der Waals surface area contributed by atoms with Gasteiger partial charge in [-0.15, -0.1) is 0 Å². The molecule has 4 rings (SSSR count). The maximum atomic E-state index is 5.79. The average molecular weight is 350 g/mol. The monoisotopic (exact) mass is 349 g/mol. The molecule has 0 bridgehead atoms. The van der Waals surface area contributed by atoms with Gasteiger partial charge in [-0.2, -0.15) is 0 Å². The molecule has 0 atom stereocenters. The largest absolute Gasteiger partial charge is 0.483 e. The molecule has 0 N–H and O–H groups in total. The molecule has 2 aromatic rings. The number of aromatic nitrogens is 2. The Morgan fingerprint density at radius 3 is 2.95 bits per heavy atom. The molecule has 0 radical (unpaired) electrons. The molecular weight excluding hydrogens is 334 g/mol. The van der Waals surface area contributed by atoms with Crippen LogP contribution in [0.2, 0.25) is 0 Å². The van der Waals surface area contributed by atoms with Gasteiger partial charge in [0.15, 0.2) is 5.82 Å². The van der Waals surface area contributed by atoms with Gasteiger partial charge in [0.05, 0.1) is 24.6 Å². The molecule has 2 aliphatic rings. The normalized spacial score (nSPS) is 18.0. The lowest BCUT2D eigenvalue weighted by atomic mass is 10.2. The molecule has 0 unspecified atom stereocenters. The van der Waals surface area contributed by atoms with Crippen molar-refractivity contribution in [2.45, 2.75) is 13.2 Å². The van der Waals surface area contributed by atoms with E-state index in [2.05, 4.69) is 37.7 Å².